The Labute approximate surface area is 124 Å². The maximum Gasteiger partial charge on any atom is 0.165 e. The van der Waals surface area contributed by atoms with Gasteiger partial charge < -0.3 is 10.1 Å². The molecule has 0 fully saturated rings. The number of ether oxygens (including phenoxy) is 1. The molecule has 0 aliphatic rings. The largest absolute Gasteiger partial charge is 0.454 e. The topological polar surface area (TPSA) is 39.1 Å². The van der Waals surface area contributed by atoms with Crippen LogP contribution in [0.15, 0.2) is 30.6 Å². The summed E-state index contributed by atoms with van der Waals surface area (Å²) in [6.45, 7) is 7.90. The molecule has 0 saturated heterocycles. The first-order chi connectivity index (χ1) is 9.60. The van der Waals surface area contributed by atoms with Crippen LogP contribution < -0.4 is 10.1 Å². The molecule has 2 rings (SSSR count). The molecule has 108 valence electrons. The number of rotatable bonds is 6. The van der Waals surface area contributed by atoms with Crippen molar-refractivity contribution >= 4 is 11.6 Å². The van der Waals surface area contributed by atoms with Crippen LogP contribution in [-0.2, 0) is 6.54 Å². The van der Waals surface area contributed by atoms with E-state index >= 15 is 0 Å². The third-order valence-electron chi connectivity index (χ3n) is 2.93. The highest BCUT2D eigenvalue weighted by molar-refractivity contribution is 6.31. The van der Waals surface area contributed by atoms with E-state index in [4.69, 9.17) is 16.3 Å². The molecule has 0 aliphatic heterocycles. The van der Waals surface area contributed by atoms with E-state index < -0.39 is 0 Å². The van der Waals surface area contributed by atoms with E-state index in [1.165, 1.54) is 0 Å². The fourth-order valence-electron chi connectivity index (χ4n) is 1.79. The molecule has 1 aromatic carbocycles. The van der Waals surface area contributed by atoms with Gasteiger partial charge in [-0.15, -0.1) is 0 Å². The first-order valence-electron chi connectivity index (χ1n) is 6.81. The summed E-state index contributed by atoms with van der Waals surface area (Å²) in [5.41, 5.74) is 1.07. The number of aromatic nitrogens is 2. The molecule has 0 radical (unpaired) electrons. The first kappa shape index (κ1) is 14.9. The minimum absolute atomic E-state index is 0.318. The van der Waals surface area contributed by atoms with Crippen molar-refractivity contribution < 1.29 is 4.74 Å². The number of nitrogens with zero attached hydrogens (tertiary/aromatic N) is 2. The Hall–Kier alpha value is -1.52. The highest BCUT2D eigenvalue weighted by Gasteiger charge is 2.06. The minimum atomic E-state index is 0.318. The molecule has 1 aromatic heterocycles. The number of hydrogen-bond donors (Lipinski definition) is 1. The minimum Gasteiger partial charge on any atom is -0.454 e. The summed E-state index contributed by atoms with van der Waals surface area (Å²) in [6, 6.07) is 6.05. The van der Waals surface area contributed by atoms with E-state index in [0.717, 1.165) is 24.4 Å². The van der Waals surface area contributed by atoms with Crippen molar-refractivity contribution in [3.63, 3.8) is 0 Å². The van der Waals surface area contributed by atoms with E-state index in [1.807, 2.05) is 29.1 Å². The van der Waals surface area contributed by atoms with Crippen molar-refractivity contribution in [1.29, 1.82) is 0 Å². The van der Waals surface area contributed by atoms with Crippen LogP contribution >= 0.6 is 11.6 Å². The first-order valence-corrected chi connectivity index (χ1v) is 7.19. The van der Waals surface area contributed by atoms with E-state index in [-0.39, 0.29) is 0 Å². The van der Waals surface area contributed by atoms with Crippen molar-refractivity contribution in [3.8, 4) is 11.5 Å². The van der Waals surface area contributed by atoms with E-state index in [9.17, 15) is 0 Å². The van der Waals surface area contributed by atoms with E-state index in [2.05, 4.69) is 31.2 Å². The molecule has 4 nitrogen and oxygen atoms in total. The molecule has 0 saturated carbocycles. The van der Waals surface area contributed by atoms with Crippen LogP contribution in [0.1, 0.15) is 32.4 Å². The van der Waals surface area contributed by atoms with E-state index in [0.29, 0.717) is 16.8 Å². The van der Waals surface area contributed by atoms with Crippen LogP contribution in [0.2, 0.25) is 5.02 Å². The molecule has 1 heterocycles. The second kappa shape index (κ2) is 6.77. The summed E-state index contributed by atoms with van der Waals surface area (Å²) in [7, 11) is 0. The molecule has 2 aromatic rings. The van der Waals surface area contributed by atoms with Crippen LogP contribution in [-0.4, -0.2) is 16.3 Å². The zero-order valence-corrected chi connectivity index (χ0v) is 12.8. The quantitative estimate of drug-likeness (QED) is 0.874. The van der Waals surface area contributed by atoms with Crippen molar-refractivity contribution in [2.24, 2.45) is 0 Å². The molecule has 0 bridgehead atoms. The molecule has 0 amide bonds. The summed E-state index contributed by atoms with van der Waals surface area (Å²) in [6.07, 6.45) is 3.59. The van der Waals surface area contributed by atoms with Gasteiger partial charge in [0.05, 0.1) is 12.4 Å². The highest BCUT2D eigenvalue weighted by atomic mass is 35.5. The second-order valence-corrected chi connectivity index (χ2v) is 5.29. The summed E-state index contributed by atoms with van der Waals surface area (Å²) in [5, 5.41) is 8.20. The summed E-state index contributed by atoms with van der Waals surface area (Å²) < 4.78 is 7.62. The van der Waals surface area contributed by atoms with Crippen molar-refractivity contribution in [2.45, 2.75) is 33.4 Å². The predicted octanol–water partition coefficient (Wildman–Crippen LogP) is 4.02. The Kier molecular flexibility index (Phi) is 5.04. The van der Waals surface area contributed by atoms with Gasteiger partial charge in [0.1, 0.15) is 5.75 Å². The lowest BCUT2D eigenvalue weighted by molar-refractivity contribution is 0.477. The van der Waals surface area contributed by atoms with Crippen molar-refractivity contribution in [3.05, 3.63) is 41.2 Å². The zero-order valence-electron chi connectivity index (χ0n) is 12.1. The number of hydrogen-bond acceptors (Lipinski definition) is 3. The number of nitrogens with one attached hydrogen (secondary N) is 1. The Balaban J connectivity index is 2.07. The third-order valence-corrected chi connectivity index (χ3v) is 3.28. The fraction of sp³-hybridized carbons (Fsp3) is 0.400. The molecule has 5 heteroatoms. The molecule has 0 unspecified atom stereocenters. The molecule has 20 heavy (non-hydrogen) atoms. The van der Waals surface area contributed by atoms with Gasteiger partial charge in [0.25, 0.3) is 0 Å². The Bertz CT molecular complexity index is 566. The number of benzene rings is 1. The molecule has 0 atom stereocenters. The predicted molar refractivity (Wildman–Crippen MR) is 81.5 cm³/mol. The van der Waals surface area contributed by atoms with Gasteiger partial charge in [-0.3, -0.25) is 4.68 Å². The van der Waals surface area contributed by atoms with Gasteiger partial charge in [0, 0.05) is 17.6 Å². The van der Waals surface area contributed by atoms with Gasteiger partial charge in [-0.25, -0.2) is 0 Å². The maximum atomic E-state index is 6.25. The standard InChI is InChI=1S/C15H20ClN3O/c1-4-17-8-12-5-6-13(7-15(12)16)20-14-9-18-19(10-14)11(2)3/h5-7,9-11,17H,4,8H2,1-3H3. The Morgan fingerprint density at radius 1 is 1.35 bits per heavy atom. The molecular formula is C15H20ClN3O. The Morgan fingerprint density at radius 3 is 2.75 bits per heavy atom. The molecule has 0 aliphatic carbocycles. The summed E-state index contributed by atoms with van der Waals surface area (Å²) in [5.74, 6) is 1.44. The van der Waals surface area contributed by atoms with Crippen LogP contribution in [0.25, 0.3) is 0 Å². The average Bonchev–Trinajstić information content (AvgIpc) is 2.86. The molecular weight excluding hydrogens is 274 g/mol. The van der Waals surface area contributed by atoms with Gasteiger partial charge in [0.15, 0.2) is 5.75 Å². The lowest BCUT2D eigenvalue weighted by Crippen LogP contribution is -2.11. The maximum absolute atomic E-state index is 6.25. The van der Waals surface area contributed by atoms with Crippen LogP contribution in [0.3, 0.4) is 0 Å². The molecule has 0 spiro atoms. The Morgan fingerprint density at radius 2 is 2.15 bits per heavy atom. The van der Waals surface area contributed by atoms with Gasteiger partial charge in [0.2, 0.25) is 0 Å². The summed E-state index contributed by atoms with van der Waals surface area (Å²) >= 11 is 6.25. The van der Waals surface area contributed by atoms with Crippen LogP contribution in [0.4, 0.5) is 0 Å². The average molecular weight is 294 g/mol. The number of halogens is 1. The monoisotopic (exact) mass is 293 g/mol. The highest BCUT2D eigenvalue weighted by Crippen LogP contribution is 2.27. The van der Waals surface area contributed by atoms with Gasteiger partial charge in [-0.05, 0) is 38.1 Å². The lowest BCUT2D eigenvalue weighted by atomic mass is 10.2. The lowest BCUT2D eigenvalue weighted by Gasteiger charge is -2.08. The van der Waals surface area contributed by atoms with Crippen LogP contribution in [0.5, 0.6) is 11.5 Å². The zero-order chi connectivity index (χ0) is 14.5. The van der Waals surface area contributed by atoms with Crippen molar-refractivity contribution in [2.75, 3.05) is 6.54 Å². The smallest absolute Gasteiger partial charge is 0.165 e. The normalized spacial score (nSPS) is 11.1. The van der Waals surface area contributed by atoms with Crippen molar-refractivity contribution in [1.82, 2.24) is 15.1 Å². The second-order valence-electron chi connectivity index (χ2n) is 4.89. The van der Waals surface area contributed by atoms with E-state index in [1.54, 1.807) is 6.20 Å². The van der Waals surface area contributed by atoms with Crippen LogP contribution in [0, 0.1) is 0 Å². The molecule has 1 N–H and O–H groups in total. The summed E-state index contributed by atoms with van der Waals surface area (Å²) in [4.78, 5) is 0. The van der Waals surface area contributed by atoms with Gasteiger partial charge in [-0.1, -0.05) is 24.6 Å². The third kappa shape index (κ3) is 3.74. The van der Waals surface area contributed by atoms with Gasteiger partial charge in [-0.2, -0.15) is 5.10 Å². The SMILES string of the molecule is CCNCc1ccc(Oc2cnn(C(C)C)c2)cc1Cl. The fourth-order valence-corrected chi connectivity index (χ4v) is 2.02. The van der Waals surface area contributed by atoms with Gasteiger partial charge >= 0.3 is 0 Å².